The molecule has 2 rings (SSSR count). The predicted octanol–water partition coefficient (Wildman–Crippen LogP) is 2.83. The van der Waals surface area contributed by atoms with E-state index in [0.717, 1.165) is 12.1 Å². The largest absolute Gasteiger partial charge is 0.573 e. The van der Waals surface area contributed by atoms with Gasteiger partial charge in [0.2, 0.25) is 5.91 Å². The number of amides is 1. The highest BCUT2D eigenvalue weighted by molar-refractivity contribution is 5.99. The van der Waals surface area contributed by atoms with E-state index in [9.17, 15) is 18.0 Å². The molecule has 1 fully saturated rings. The summed E-state index contributed by atoms with van der Waals surface area (Å²) in [5, 5.41) is 11.3. The molecule has 0 radical (unpaired) electrons. The number of halogens is 3. The second-order valence-electron chi connectivity index (χ2n) is 4.22. The number of alkyl halides is 3. The van der Waals surface area contributed by atoms with Crippen LogP contribution in [0.5, 0.6) is 5.75 Å². The van der Waals surface area contributed by atoms with E-state index >= 15 is 0 Å². The fraction of sp³-hybridized carbons (Fsp3) is 0.333. The zero-order valence-corrected chi connectivity index (χ0v) is 9.62. The van der Waals surface area contributed by atoms with E-state index in [4.69, 9.17) is 5.26 Å². The maximum Gasteiger partial charge on any atom is 0.573 e. The molecule has 0 aromatic heterocycles. The summed E-state index contributed by atoms with van der Waals surface area (Å²) in [6.07, 6.45) is -3.74. The van der Waals surface area contributed by atoms with Crippen molar-refractivity contribution in [2.45, 2.75) is 19.2 Å². The molecule has 0 unspecified atom stereocenters. The molecule has 0 aliphatic heterocycles. The van der Waals surface area contributed by atoms with Crippen LogP contribution in [0.15, 0.2) is 24.3 Å². The number of ether oxygens (including phenoxy) is 1. The van der Waals surface area contributed by atoms with Gasteiger partial charge in [-0.3, -0.25) is 4.79 Å². The zero-order chi connectivity index (χ0) is 14.1. The summed E-state index contributed by atoms with van der Waals surface area (Å²) < 4.78 is 39.5. The Morgan fingerprint density at radius 3 is 2.32 bits per heavy atom. The Kier molecular flexibility index (Phi) is 3.10. The summed E-state index contributed by atoms with van der Waals surface area (Å²) in [7, 11) is 0. The van der Waals surface area contributed by atoms with Crippen LogP contribution in [0.25, 0.3) is 0 Å². The normalized spacial score (nSPS) is 16.3. The topological polar surface area (TPSA) is 62.1 Å². The fourth-order valence-corrected chi connectivity index (χ4v) is 1.51. The lowest BCUT2D eigenvalue weighted by atomic mass is 10.1. The molecule has 100 valence electrons. The molecule has 0 spiro atoms. The van der Waals surface area contributed by atoms with Gasteiger partial charge in [-0.1, -0.05) is 0 Å². The third-order valence-corrected chi connectivity index (χ3v) is 2.74. The van der Waals surface area contributed by atoms with E-state index < -0.39 is 17.7 Å². The third-order valence-electron chi connectivity index (χ3n) is 2.74. The summed E-state index contributed by atoms with van der Waals surface area (Å²) in [6, 6.07) is 6.68. The Balaban J connectivity index is 2.00. The van der Waals surface area contributed by atoms with E-state index in [1.54, 1.807) is 0 Å². The Hall–Kier alpha value is -2.23. The molecule has 1 aromatic rings. The Morgan fingerprint density at radius 2 is 1.89 bits per heavy atom. The Labute approximate surface area is 106 Å². The number of hydrogen-bond acceptors (Lipinski definition) is 3. The average Bonchev–Trinajstić information content (AvgIpc) is 3.10. The molecule has 1 aliphatic carbocycles. The van der Waals surface area contributed by atoms with Gasteiger partial charge in [0.25, 0.3) is 0 Å². The number of carbonyl (C=O) groups excluding carboxylic acids is 1. The summed E-state index contributed by atoms with van der Waals surface area (Å²) in [6.45, 7) is 0. The first-order valence-electron chi connectivity index (χ1n) is 5.43. The van der Waals surface area contributed by atoms with Gasteiger partial charge < -0.3 is 10.1 Å². The molecule has 1 aromatic carbocycles. The highest BCUT2D eigenvalue weighted by atomic mass is 19.4. The summed E-state index contributed by atoms with van der Waals surface area (Å²) in [4.78, 5) is 11.7. The van der Waals surface area contributed by atoms with E-state index in [-0.39, 0.29) is 5.75 Å². The average molecular weight is 270 g/mol. The van der Waals surface area contributed by atoms with Gasteiger partial charge in [-0.05, 0) is 37.1 Å². The van der Waals surface area contributed by atoms with Crippen molar-refractivity contribution in [3.63, 3.8) is 0 Å². The Bertz CT molecular complexity index is 527. The number of nitrogens with one attached hydrogen (secondary N) is 1. The lowest BCUT2D eigenvalue weighted by molar-refractivity contribution is -0.274. The van der Waals surface area contributed by atoms with Crippen LogP contribution in [0.3, 0.4) is 0 Å². The highest BCUT2D eigenvalue weighted by Crippen LogP contribution is 2.45. The van der Waals surface area contributed by atoms with Crippen molar-refractivity contribution in [2.75, 3.05) is 5.32 Å². The number of hydrogen-bond donors (Lipinski definition) is 1. The van der Waals surface area contributed by atoms with E-state index in [0.29, 0.717) is 18.5 Å². The minimum atomic E-state index is -4.75. The van der Waals surface area contributed by atoms with Crippen molar-refractivity contribution >= 4 is 11.6 Å². The molecule has 4 nitrogen and oxygen atoms in total. The molecule has 0 atom stereocenters. The molecule has 0 heterocycles. The molecule has 0 bridgehead atoms. The van der Waals surface area contributed by atoms with Crippen LogP contribution in [0.2, 0.25) is 0 Å². The van der Waals surface area contributed by atoms with Crippen LogP contribution in [-0.4, -0.2) is 12.3 Å². The van der Waals surface area contributed by atoms with Gasteiger partial charge in [-0.2, -0.15) is 5.26 Å². The van der Waals surface area contributed by atoms with Crippen LogP contribution >= 0.6 is 0 Å². The molecule has 7 heteroatoms. The first kappa shape index (κ1) is 13.2. The maximum atomic E-state index is 11.9. The van der Waals surface area contributed by atoms with Crippen LogP contribution in [0, 0.1) is 16.7 Å². The number of nitrogens with zero attached hydrogens (tertiary/aromatic N) is 1. The SMILES string of the molecule is N#CC1(C(=O)Nc2ccc(OC(F)(F)F)cc2)CC1. The minimum absolute atomic E-state index is 0.320. The van der Waals surface area contributed by atoms with E-state index in [2.05, 4.69) is 10.1 Å². The van der Waals surface area contributed by atoms with Crippen molar-refractivity contribution in [3.05, 3.63) is 24.3 Å². The lowest BCUT2D eigenvalue weighted by Gasteiger charge is -2.11. The van der Waals surface area contributed by atoms with Gasteiger partial charge in [0.1, 0.15) is 11.2 Å². The van der Waals surface area contributed by atoms with Crippen molar-refractivity contribution < 1.29 is 22.7 Å². The third kappa shape index (κ3) is 3.16. The molecule has 1 N–H and O–H groups in total. The van der Waals surface area contributed by atoms with Crippen molar-refractivity contribution in [3.8, 4) is 11.8 Å². The molecule has 19 heavy (non-hydrogen) atoms. The Morgan fingerprint density at radius 1 is 1.32 bits per heavy atom. The van der Waals surface area contributed by atoms with Gasteiger partial charge in [0.15, 0.2) is 0 Å². The van der Waals surface area contributed by atoms with Crippen molar-refractivity contribution in [1.29, 1.82) is 5.26 Å². The molecular weight excluding hydrogens is 261 g/mol. The van der Waals surface area contributed by atoms with Crippen molar-refractivity contribution in [1.82, 2.24) is 0 Å². The van der Waals surface area contributed by atoms with Crippen LogP contribution in [-0.2, 0) is 4.79 Å². The van der Waals surface area contributed by atoms with Gasteiger partial charge in [0, 0.05) is 5.69 Å². The van der Waals surface area contributed by atoms with Crippen LogP contribution in [0.1, 0.15) is 12.8 Å². The number of rotatable bonds is 3. The highest BCUT2D eigenvalue weighted by Gasteiger charge is 2.50. The second kappa shape index (κ2) is 4.46. The van der Waals surface area contributed by atoms with Gasteiger partial charge in [0.05, 0.1) is 6.07 Å². The predicted molar refractivity (Wildman–Crippen MR) is 59.0 cm³/mol. The van der Waals surface area contributed by atoms with E-state index in [1.807, 2.05) is 6.07 Å². The molecule has 1 amide bonds. The zero-order valence-electron chi connectivity index (χ0n) is 9.62. The number of carbonyl (C=O) groups is 1. The van der Waals surface area contributed by atoms with Crippen LogP contribution in [0.4, 0.5) is 18.9 Å². The summed E-state index contributed by atoms with van der Waals surface area (Å²) >= 11 is 0. The lowest BCUT2D eigenvalue weighted by Crippen LogP contribution is -2.22. The maximum absolute atomic E-state index is 11.9. The quantitative estimate of drug-likeness (QED) is 0.918. The van der Waals surface area contributed by atoms with Crippen LogP contribution < -0.4 is 10.1 Å². The number of nitriles is 1. The molecule has 1 aliphatic rings. The van der Waals surface area contributed by atoms with Gasteiger partial charge >= 0.3 is 6.36 Å². The summed E-state index contributed by atoms with van der Waals surface area (Å²) in [5.41, 5.74) is -0.651. The standard InChI is InChI=1S/C12H9F3N2O2/c13-12(14,15)19-9-3-1-8(2-4-9)17-10(18)11(7-16)5-6-11/h1-4H,5-6H2,(H,17,18). The van der Waals surface area contributed by atoms with Crippen molar-refractivity contribution in [2.24, 2.45) is 5.41 Å². The molecule has 0 saturated heterocycles. The first-order chi connectivity index (χ1) is 8.85. The van der Waals surface area contributed by atoms with E-state index in [1.165, 1.54) is 12.1 Å². The number of benzene rings is 1. The minimum Gasteiger partial charge on any atom is -0.406 e. The molecule has 1 saturated carbocycles. The van der Waals surface area contributed by atoms with Gasteiger partial charge in [-0.15, -0.1) is 13.2 Å². The summed E-state index contributed by atoms with van der Waals surface area (Å²) in [5.74, 6) is -0.800. The second-order valence-corrected chi connectivity index (χ2v) is 4.22. The number of anilines is 1. The smallest absolute Gasteiger partial charge is 0.406 e. The monoisotopic (exact) mass is 270 g/mol. The molecular formula is C12H9F3N2O2. The first-order valence-corrected chi connectivity index (χ1v) is 5.43. The fourth-order valence-electron chi connectivity index (χ4n) is 1.51. The van der Waals surface area contributed by atoms with Gasteiger partial charge in [-0.25, -0.2) is 0 Å².